The molecule has 2 heterocycles. The fraction of sp³-hybridized carbons (Fsp3) is 0. The number of hydrogen-bond donors (Lipinski definition) is 0. The van der Waals surface area contributed by atoms with E-state index in [0.717, 1.165) is 0 Å². The van der Waals surface area contributed by atoms with E-state index in [1.807, 2.05) is 0 Å². The molecular weight excluding hydrogens is 623 g/mol. The van der Waals surface area contributed by atoms with Crippen LogP contribution in [0.1, 0.15) is 42.5 Å². The van der Waals surface area contributed by atoms with Gasteiger partial charge in [0.25, 0.3) is 0 Å². The summed E-state index contributed by atoms with van der Waals surface area (Å²) in [6.45, 7) is 0. The maximum Gasteiger partial charge on any atom is 0.144 e. The van der Waals surface area contributed by atoms with Crippen LogP contribution >= 0.6 is 0 Å². The quantitative estimate of drug-likeness (QED) is 0.175. The van der Waals surface area contributed by atoms with Crippen LogP contribution in [0.4, 0.5) is 17.1 Å². The van der Waals surface area contributed by atoms with Crippen molar-refractivity contribution in [3.05, 3.63) is 187 Å². The van der Waals surface area contributed by atoms with E-state index in [-0.39, 0.29) is 0 Å². The molecule has 2 aromatic heterocycles. The van der Waals surface area contributed by atoms with Gasteiger partial charge in [-0.1, -0.05) is 133 Å². The number of rotatable bonds is 6. The van der Waals surface area contributed by atoms with Gasteiger partial charge in [-0.2, -0.15) is 0 Å². The van der Waals surface area contributed by atoms with Crippen molar-refractivity contribution >= 4 is 60.9 Å². The van der Waals surface area contributed by atoms with Gasteiger partial charge >= 0.3 is 0 Å². The van der Waals surface area contributed by atoms with Crippen molar-refractivity contribution in [2.24, 2.45) is 0 Å². The Morgan fingerprint density at radius 1 is 0.353 bits per heavy atom. The van der Waals surface area contributed by atoms with E-state index >= 15 is 0 Å². The zero-order chi connectivity index (χ0) is 60.7. The summed E-state index contributed by atoms with van der Waals surface area (Å²) in [5.74, 6) is 0. The van der Waals surface area contributed by atoms with Gasteiger partial charge in [0.05, 0.1) is 42.5 Å². The van der Waals surface area contributed by atoms with Gasteiger partial charge < -0.3 is 13.7 Å². The third kappa shape index (κ3) is 4.98. The summed E-state index contributed by atoms with van der Waals surface area (Å²) in [5.41, 5.74) is -10.9. The van der Waals surface area contributed by atoms with Gasteiger partial charge in [0, 0.05) is 50.2 Å². The minimum absolute atomic E-state index is 0.375. The second kappa shape index (κ2) is 11.9. The summed E-state index contributed by atoms with van der Waals surface area (Å²) in [7, 11) is 0. The molecule has 0 saturated carbocycles. The van der Waals surface area contributed by atoms with Gasteiger partial charge in [0.15, 0.2) is 0 Å². The van der Waals surface area contributed by atoms with Gasteiger partial charge in [-0.3, -0.25) is 0 Å². The molecular formula is C48H31NO2. The maximum absolute atomic E-state index is 9.86. The maximum atomic E-state index is 9.86. The first-order valence-corrected chi connectivity index (χ1v) is 14.7. The summed E-state index contributed by atoms with van der Waals surface area (Å²) in [6.07, 6.45) is 0. The number of fused-ring (bicyclic) bond motifs is 6. The Labute approximate surface area is 338 Å². The lowest BCUT2D eigenvalue weighted by atomic mass is 9.95. The van der Waals surface area contributed by atoms with Crippen LogP contribution in [0.5, 0.6) is 0 Å². The standard InChI is InChI=1S/C48H31NO2/c1-4-12-32(13-5-1)34-20-22-36(23-21-34)46-47-41-18-10-11-19-43(41)50-45(47)31-42-40-29-28-39(30-44(40)51-48(42)46)49(37-16-8-3-9-17-37)38-26-24-35(25-27-38)33-14-6-2-7-15-33/h1-31H/i1D,2D,3D,4D,5D,6D,7D,8D,9D,10D,11D,12D,13D,14D,15D,16D,17D,18D,19D,20D,21D,22D,23D,24D,25D,26D,27D,28D,29D,30D,31D. The summed E-state index contributed by atoms with van der Waals surface area (Å²) in [5, 5.41) is -2.37. The first-order valence-electron chi connectivity index (χ1n) is 30.2. The number of hydrogen-bond acceptors (Lipinski definition) is 3. The van der Waals surface area contributed by atoms with Crippen LogP contribution in [-0.2, 0) is 0 Å². The summed E-state index contributed by atoms with van der Waals surface area (Å²) >= 11 is 0. The molecule has 0 aliphatic carbocycles. The van der Waals surface area contributed by atoms with Crippen molar-refractivity contribution in [1.82, 2.24) is 0 Å². The molecule has 240 valence electrons. The van der Waals surface area contributed by atoms with E-state index in [9.17, 15) is 16.4 Å². The molecule has 0 spiro atoms. The Balaban J connectivity index is 1.41. The number of benzene rings is 8. The van der Waals surface area contributed by atoms with Crippen molar-refractivity contribution in [3.63, 3.8) is 0 Å². The lowest BCUT2D eigenvalue weighted by molar-refractivity contribution is 0.664. The van der Waals surface area contributed by atoms with E-state index < -0.39 is 282 Å². The largest absolute Gasteiger partial charge is 0.456 e. The fourth-order valence-electron chi connectivity index (χ4n) is 5.46. The summed E-state index contributed by atoms with van der Waals surface area (Å²) in [4.78, 5) is 0.375. The SMILES string of the molecule is [2H]c1c([2H])c([2H])c(-c2c([2H])c([2H])c(-c3c4oc5c([2H])c(N(c6c([2H])c([2H])c([2H])c([2H])c6[2H])c6c([2H])c([2H])c(-c7c([2H])c([2H])c([2H])c([2H])c7[2H])c([2H])c6[2H])c([2H])c([2H])c5c4c([2H])c4oc5c([2H])c([2H])c([2H])c([2H])c5c34)c([2H])c2[2H])c([2H])c1[2H]. The molecule has 0 atom stereocenters. The zero-order valence-electron chi connectivity index (χ0n) is 56.3. The Morgan fingerprint density at radius 3 is 1.57 bits per heavy atom. The molecule has 51 heavy (non-hydrogen) atoms. The normalized spacial score (nSPS) is 20.0. The van der Waals surface area contributed by atoms with Crippen molar-refractivity contribution in [2.45, 2.75) is 0 Å². The Morgan fingerprint density at radius 2 is 0.882 bits per heavy atom. The Kier molecular flexibility index (Phi) is 2.72. The molecule has 3 heteroatoms. The topological polar surface area (TPSA) is 29.5 Å². The molecule has 0 saturated heterocycles. The molecule has 0 N–H and O–H groups in total. The van der Waals surface area contributed by atoms with Gasteiger partial charge in [-0.05, 0) is 76.2 Å². The smallest absolute Gasteiger partial charge is 0.144 e. The highest BCUT2D eigenvalue weighted by atomic mass is 16.3. The molecule has 0 aliphatic rings. The third-order valence-electron chi connectivity index (χ3n) is 7.64. The Bertz CT molecular complexity index is 4510. The molecule has 10 rings (SSSR count). The lowest BCUT2D eigenvalue weighted by Crippen LogP contribution is -2.09. The predicted octanol–water partition coefficient (Wildman–Crippen LogP) is 14.0. The van der Waals surface area contributed by atoms with Gasteiger partial charge in [-0.15, -0.1) is 0 Å². The van der Waals surface area contributed by atoms with Crippen molar-refractivity contribution in [1.29, 1.82) is 0 Å². The van der Waals surface area contributed by atoms with Crippen LogP contribution in [0.3, 0.4) is 0 Å². The van der Waals surface area contributed by atoms with Crippen LogP contribution in [0.15, 0.2) is 196 Å². The molecule has 0 aliphatic heterocycles. The van der Waals surface area contributed by atoms with Crippen molar-refractivity contribution in [3.8, 4) is 33.4 Å². The summed E-state index contributed by atoms with van der Waals surface area (Å²) < 4.78 is 288. The van der Waals surface area contributed by atoms with Crippen LogP contribution in [0, 0.1) is 0 Å². The van der Waals surface area contributed by atoms with E-state index in [4.69, 9.17) is 34.9 Å². The molecule has 0 unspecified atom stereocenters. The molecule has 8 aromatic carbocycles. The van der Waals surface area contributed by atoms with Crippen molar-refractivity contribution in [2.75, 3.05) is 4.90 Å². The first kappa shape index (κ1) is 11.6. The van der Waals surface area contributed by atoms with Crippen LogP contribution in [0.25, 0.3) is 77.3 Å². The van der Waals surface area contributed by atoms with E-state index in [0.29, 0.717) is 4.90 Å². The number of para-hydroxylation sites is 2. The highest BCUT2D eigenvalue weighted by Gasteiger charge is 2.22. The monoisotopic (exact) mass is 684 g/mol. The van der Waals surface area contributed by atoms with E-state index in [1.165, 1.54) is 0 Å². The van der Waals surface area contributed by atoms with E-state index in [2.05, 4.69) is 0 Å². The molecule has 0 radical (unpaired) electrons. The average Bonchev–Trinajstić information content (AvgIpc) is 1.61. The molecule has 0 amide bonds. The fourth-order valence-corrected chi connectivity index (χ4v) is 5.46. The van der Waals surface area contributed by atoms with E-state index in [1.54, 1.807) is 0 Å². The second-order valence-electron chi connectivity index (χ2n) is 10.5. The lowest BCUT2D eigenvalue weighted by Gasteiger charge is -2.25. The number of furan rings is 2. The average molecular weight is 685 g/mol. The van der Waals surface area contributed by atoms with Gasteiger partial charge in [0.1, 0.15) is 22.3 Å². The van der Waals surface area contributed by atoms with Gasteiger partial charge in [0.2, 0.25) is 0 Å². The molecule has 3 nitrogen and oxygen atoms in total. The summed E-state index contributed by atoms with van der Waals surface area (Å²) in [6, 6.07) is -31.0. The third-order valence-corrected chi connectivity index (χ3v) is 7.64. The highest BCUT2D eigenvalue weighted by molar-refractivity contribution is 6.23. The van der Waals surface area contributed by atoms with Gasteiger partial charge in [-0.25, -0.2) is 0 Å². The first-order chi connectivity index (χ1) is 38.2. The zero-order valence-corrected chi connectivity index (χ0v) is 25.3. The number of anilines is 3. The molecule has 0 bridgehead atoms. The Hall–Kier alpha value is -6.84. The van der Waals surface area contributed by atoms with Crippen molar-refractivity contribution < 1.29 is 51.3 Å². The molecule has 10 aromatic rings. The van der Waals surface area contributed by atoms with Crippen LogP contribution in [0.2, 0.25) is 0 Å². The highest BCUT2D eigenvalue weighted by Crippen LogP contribution is 2.46. The number of nitrogens with zero attached hydrogens (tertiary/aromatic N) is 1. The van der Waals surface area contributed by atoms with Crippen LogP contribution < -0.4 is 4.90 Å². The minimum atomic E-state index is -1.22. The second-order valence-corrected chi connectivity index (χ2v) is 10.5. The minimum Gasteiger partial charge on any atom is -0.456 e. The van der Waals surface area contributed by atoms with Crippen LogP contribution in [-0.4, -0.2) is 0 Å². The molecule has 0 fully saturated rings. The predicted molar refractivity (Wildman–Crippen MR) is 212 cm³/mol.